The van der Waals surface area contributed by atoms with Gasteiger partial charge in [0.1, 0.15) is 5.01 Å². The first-order chi connectivity index (χ1) is 13.2. The molecule has 4 nitrogen and oxygen atoms in total. The maximum Gasteiger partial charge on any atom is 0.424 e. The lowest BCUT2D eigenvalue weighted by Gasteiger charge is -2.28. The van der Waals surface area contributed by atoms with Gasteiger partial charge in [-0.3, -0.25) is 4.79 Å². The van der Waals surface area contributed by atoms with Crippen molar-refractivity contribution < 1.29 is 23.1 Å². The number of hydrogen-bond donors (Lipinski definition) is 2. The highest BCUT2D eigenvalue weighted by atomic mass is 32.1. The van der Waals surface area contributed by atoms with Gasteiger partial charge in [0.05, 0.1) is 6.42 Å². The lowest BCUT2D eigenvalue weighted by atomic mass is 9.98. The summed E-state index contributed by atoms with van der Waals surface area (Å²) in [6.07, 6.45) is -4.38. The molecule has 2 N–H and O–H groups in total. The molecule has 1 amide bonds. The SMILES string of the molecule is Cc1csc(C(O)(CC(=O)Nc2ccc3c4c(cccc24)CC3)C(F)(F)F)n1. The smallest absolute Gasteiger partial charge is 0.374 e. The zero-order valence-corrected chi connectivity index (χ0v) is 15.7. The Labute approximate surface area is 163 Å². The molecule has 1 unspecified atom stereocenters. The molecule has 1 aromatic heterocycles. The highest BCUT2D eigenvalue weighted by Crippen LogP contribution is 2.43. The van der Waals surface area contributed by atoms with Crippen molar-refractivity contribution in [2.45, 2.75) is 38.0 Å². The van der Waals surface area contributed by atoms with Crippen LogP contribution in [0.3, 0.4) is 0 Å². The summed E-state index contributed by atoms with van der Waals surface area (Å²) < 4.78 is 40.8. The molecule has 4 rings (SSSR count). The number of aliphatic hydroxyl groups is 1. The first kappa shape index (κ1) is 18.9. The maximum absolute atomic E-state index is 13.6. The summed E-state index contributed by atoms with van der Waals surface area (Å²) in [5.74, 6) is -0.925. The summed E-state index contributed by atoms with van der Waals surface area (Å²) in [5.41, 5.74) is -0.213. The van der Waals surface area contributed by atoms with Crippen LogP contribution >= 0.6 is 11.3 Å². The Morgan fingerprint density at radius 2 is 1.93 bits per heavy atom. The lowest BCUT2D eigenvalue weighted by Crippen LogP contribution is -2.45. The fourth-order valence-corrected chi connectivity index (χ4v) is 4.54. The van der Waals surface area contributed by atoms with Crippen molar-refractivity contribution in [3.63, 3.8) is 0 Å². The van der Waals surface area contributed by atoms with E-state index in [-0.39, 0.29) is 0 Å². The van der Waals surface area contributed by atoms with E-state index in [2.05, 4.69) is 10.3 Å². The van der Waals surface area contributed by atoms with E-state index in [1.54, 1.807) is 6.07 Å². The van der Waals surface area contributed by atoms with Gasteiger partial charge in [-0.1, -0.05) is 24.3 Å². The second kappa shape index (κ2) is 6.56. The molecule has 1 heterocycles. The number of nitrogens with one attached hydrogen (secondary N) is 1. The number of hydrogen-bond acceptors (Lipinski definition) is 4. The van der Waals surface area contributed by atoms with Crippen LogP contribution in [0.4, 0.5) is 18.9 Å². The largest absolute Gasteiger partial charge is 0.424 e. The number of aryl methyl sites for hydroxylation is 3. The molecular weight excluding hydrogens is 389 g/mol. The Morgan fingerprint density at radius 1 is 1.21 bits per heavy atom. The second-order valence-electron chi connectivity index (χ2n) is 6.99. The van der Waals surface area contributed by atoms with Gasteiger partial charge in [-0.2, -0.15) is 13.2 Å². The monoisotopic (exact) mass is 406 g/mol. The maximum atomic E-state index is 13.6. The number of benzene rings is 2. The minimum absolute atomic E-state index is 0.357. The number of aromatic nitrogens is 1. The van der Waals surface area contributed by atoms with Gasteiger partial charge in [0.25, 0.3) is 0 Å². The Kier molecular flexibility index (Phi) is 4.43. The Morgan fingerprint density at radius 3 is 2.57 bits per heavy atom. The molecule has 3 aromatic rings. The average molecular weight is 406 g/mol. The average Bonchev–Trinajstić information content (AvgIpc) is 3.24. The summed E-state index contributed by atoms with van der Waals surface area (Å²) >= 11 is 0.685. The van der Waals surface area contributed by atoms with Crippen molar-refractivity contribution in [3.8, 4) is 0 Å². The van der Waals surface area contributed by atoms with Gasteiger partial charge in [-0.25, -0.2) is 4.98 Å². The zero-order chi connectivity index (χ0) is 20.1. The number of nitrogens with zero attached hydrogens (tertiary/aromatic N) is 1. The van der Waals surface area contributed by atoms with E-state index in [0.717, 1.165) is 34.7 Å². The van der Waals surface area contributed by atoms with Crippen molar-refractivity contribution in [2.24, 2.45) is 0 Å². The van der Waals surface area contributed by atoms with Crippen LogP contribution in [-0.4, -0.2) is 22.2 Å². The van der Waals surface area contributed by atoms with E-state index in [0.29, 0.717) is 22.7 Å². The van der Waals surface area contributed by atoms with Gasteiger partial charge >= 0.3 is 6.18 Å². The Bertz CT molecular complexity index is 1070. The van der Waals surface area contributed by atoms with Gasteiger partial charge in [-0.15, -0.1) is 11.3 Å². The zero-order valence-electron chi connectivity index (χ0n) is 14.9. The Balaban J connectivity index is 1.65. The fourth-order valence-electron chi connectivity index (χ4n) is 3.62. The number of amides is 1. The number of carbonyl (C=O) groups is 1. The second-order valence-corrected chi connectivity index (χ2v) is 7.85. The number of rotatable bonds is 4. The predicted molar refractivity (Wildman–Crippen MR) is 101 cm³/mol. The molecule has 1 aliphatic carbocycles. The first-order valence-corrected chi connectivity index (χ1v) is 9.62. The Hall–Kier alpha value is -2.45. The molecule has 8 heteroatoms. The third-order valence-corrected chi connectivity index (χ3v) is 6.12. The van der Waals surface area contributed by atoms with Gasteiger partial charge < -0.3 is 10.4 Å². The van der Waals surface area contributed by atoms with E-state index in [9.17, 15) is 23.1 Å². The van der Waals surface area contributed by atoms with Crippen LogP contribution in [-0.2, 0) is 23.2 Å². The highest BCUT2D eigenvalue weighted by molar-refractivity contribution is 7.09. The molecule has 0 radical (unpaired) electrons. The van der Waals surface area contributed by atoms with Crippen LogP contribution in [0.5, 0.6) is 0 Å². The number of alkyl halides is 3. The van der Waals surface area contributed by atoms with Gasteiger partial charge in [-0.05, 0) is 42.3 Å². The molecule has 0 saturated carbocycles. The van der Waals surface area contributed by atoms with E-state index in [4.69, 9.17) is 0 Å². The van der Waals surface area contributed by atoms with Crippen molar-refractivity contribution in [3.05, 3.63) is 57.5 Å². The third kappa shape index (κ3) is 3.06. The molecule has 0 bridgehead atoms. The lowest BCUT2D eigenvalue weighted by molar-refractivity contribution is -0.266. The molecule has 0 saturated heterocycles. The van der Waals surface area contributed by atoms with Gasteiger partial charge in [0.2, 0.25) is 11.5 Å². The number of halogens is 3. The molecule has 0 aliphatic heterocycles. The van der Waals surface area contributed by atoms with Crippen molar-refractivity contribution in [1.29, 1.82) is 0 Å². The summed E-state index contributed by atoms with van der Waals surface area (Å²) in [7, 11) is 0. The summed E-state index contributed by atoms with van der Waals surface area (Å²) in [6, 6.07) is 9.30. The molecule has 1 aliphatic rings. The molecule has 146 valence electrons. The minimum Gasteiger partial charge on any atom is -0.374 e. The summed E-state index contributed by atoms with van der Waals surface area (Å²) in [4.78, 5) is 16.2. The molecular formula is C20H17F3N2O2S. The molecule has 28 heavy (non-hydrogen) atoms. The molecule has 0 spiro atoms. The predicted octanol–water partition coefficient (Wildman–Crippen LogP) is 4.48. The number of carbonyl (C=O) groups excluding carboxylic acids is 1. The van der Waals surface area contributed by atoms with E-state index >= 15 is 0 Å². The highest BCUT2D eigenvalue weighted by Gasteiger charge is 2.58. The quantitative estimate of drug-likeness (QED) is 0.672. The van der Waals surface area contributed by atoms with Crippen LogP contribution < -0.4 is 5.32 Å². The molecule has 0 fully saturated rings. The fraction of sp³-hybridized carbons (Fsp3) is 0.300. The van der Waals surface area contributed by atoms with E-state index in [1.807, 2.05) is 24.3 Å². The third-order valence-electron chi connectivity index (χ3n) is 5.01. The first-order valence-electron chi connectivity index (χ1n) is 8.74. The number of thiazole rings is 1. The van der Waals surface area contributed by atoms with Crippen molar-refractivity contribution in [1.82, 2.24) is 4.98 Å². The van der Waals surface area contributed by atoms with Crippen LogP contribution in [0.15, 0.2) is 35.7 Å². The number of anilines is 1. The normalized spacial score (nSPS) is 15.6. The van der Waals surface area contributed by atoms with Crippen LogP contribution in [0.25, 0.3) is 10.8 Å². The summed E-state index contributed by atoms with van der Waals surface area (Å²) in [6.45, 7) is 1.53. The van der Waals surface area contributed by atoms with Crippen molar-refractivity contribution >= 4 is 33.7 Å². The van der Waals surface area contributed by atoms with E-state index < -0.39 is 29.1 Å². The van der Waals surface area contributed by atoms with Crippen molar-refractivity contribution in [2.75, 3.05) is 5.32 Å². The van der Waals surface area contributed by atoms with Crippen LogP contribution in [0.1, 0.15) is 28.2 Å². The van der Waals surface area contributed by atoms with Crippen LogP contribution in [0.2, 0.25) is 0 Å². The molecule has 2 aromatic carbocycles. The van der Waals surface area contributed by atoms with Gasteiger partial charge in [0.15, 0.2) is 0 Å². The summed E-state index contributed by atoms with van der Waals surface area (Å²) in [5, 5.41) is 15.6. The standard InChI is InChI=1S/C20H17F3N2O2S/c1-11-10-28-18(24-11)19(27,20(21,22)23)9-16(26)25-15-8-7-13-6-5-12-3-2-4-14(15)17(12)13/h2-4,7-8,10,27H,5-6,9H2,1H3,(H,25,26). The molecule has 1 atom stereocenters. The minimum atomic E-state index is -5.03. The van der Waals surface area contributed by atoms with Gasteiger partial charge in [0, 0.05) is 22.1 Å². The van der Waals surface area contributed by atoms with Crippen LogP contribution in [0, 0.1) is 6.92 Å². The van der Waals surface area contributed by atoms with E-state index in [1.165, 1.54) is 12.3 Å². The topological polar surface area (TPSA) is 62.2 Å².